The molecule has 0 spiro atoms. The molecule has 0 heterocycles. The van der Waals surface area contributed by atoms with Crippen LogP contribution < -0.4 is 10.5 Å². The monoisotopic (exact) mass is 272 g/mol. The summed E-state index contributed by atoms with van der Waals surface area (Å²) < 4.78 is 26.8. The van der Waals surface area contributed by atoms with Crippen LogP contribution in [-0.4, -0.2) is 25.7 Å². The topological polar surface area (TPSA) is 92.4 Å². The zero-order valence-electron chi connectivity index (χ0n) is 10.8. The first-order valence-corrected chi connectivity index (χ1v) is 7.28. The third-order valence-electron chi connectivity index (χ3n) is 2.67. The van der Waals surface area contributed by atoms with Gasteiger partial charge >= 0.3 is 0 Å². The summed E-state index contributed by atoms with van der Waals surface area (Å²) in [6.45, 7) is 5.01. The van der Waals surface area contributed by atoms with E-state index in [1.807, 2.05) is 0 Å². The van der Waals surface area contributed by atoms with Crippen molar-refractivity contribution in [1.82, 2.24) is 4.72 Å². The Morgan fingerprint density at radius 1 is 1.39 bits per heavy atom. The molecule has 1 aromatic carbocycles. The Bertz CT molecular complexity index is 512. The molecule has 4 N–H and O–H groups in total. The average Bonchev–Trinajstić information content (AvgIpc) is 2.19. The van der Waals surface area contributed by atoms with E-state index in [0.717, 1.165) is 0 Å². The second-order valence-electron chi connectivity index (χ2n) is 4.58. The van der Waals surface area contributed by atoms with Crippen molar-refractivity contribution in [3.63, 3.8) is 0 Å². The maximum atomic E-state index is 12.1. The largest absolute Gasteiger partial charge is 0.398 e. The van der Waals surface area contributed by atoms with Crippen LogP contribution in [0.1, 0.15) is 25.8 Å². The smallest absolute Gasteiger partial charge is 0.241 e. The summed E-state index contributed by atoms with van der Waals surface area (Å²) in [5.41, 5.74) is 6.68. The normalized spacial score (nSPS) is 15.3. The van der Waals surface area contributed by atoms with Gasteiger partial charge in [-0.05, 0) is 44.9 Å². The standard InChI is InChI=1S/C12H20N2O3S/c1-8(7-9(2)15)14-18(16,17)12-6-4-5-11(13)10(12)3/h4-6,8-9,14-15H,7,13H2,1-3H3. The first-order chi connectivity index (χ1) is 8.24. The van der Waals surface area contributed by atoms with Crippen LogP contribution in [0.25, 0.3) is 0 Å². The fourth-order valence-corrected chi connectivity index (χ4v) is 3.34. The molecule has 0 aromatic heterocycles. The molecular weight excluding hydrogens is 252 g/mol. The minimum absolute atomic E-state index is 0.181. The van der Waals surface area contributed by atoms with E-state index in [-0.39, 0.29) is 10.9 Å². The van der Waals surface area contributed by atoms with E-state index in [1.165, 1.54) is 6.07 Å². The fraction of sp³-hybridized carbons (Fsp3) is 0.500. The minimum atomic E-state index is -3.60. The van der Waals surface area contributed by atoms with Gasteiger partial charge in [-0.3, -0.25) is 0 Å². The van der Waals surface area contributed by atoms with Crippen molar-refractivity contribution in [2.45, 2.75) is 44.2 Å². The number of nitrogen functional groups attached to an aromatic ring is 1. The summed E-state index contributed by atoms with van der Waals surface area (Å²) in [6.07, 6.45) is -0.190. The number of benzene rings is 1. The van der Waals surface area contributed by atoms with Gasteiger partial charge in [-0.2, -0.15) is 0 Å². The number of hydrogen-bond acceptors (Lipinski definition) is 4. The Labute approximate surface area is 108 Å². The third-order valence-corrected chi connectivity index (χ3v) is 4.40. The van der Waals surface area contributed by atoms with Gasteiger partial charge in [-0.25, -0.2) is 13.1 Å². The molecule has 102 valence electrons. The number of anilines is 1. The molecule has 0 saturated carbocycles. The van der Waals surface area contributed by atoms with E-state index in [0.29, 0.717) is 17.7 Å². The molecule has 2 unspecified atom stereocenters. The van der Waals surface area contributed by atoms with E-state index >= 15 is 0 Å². The zero-order valence-corrected chi connectivity index (χ0v) is 11.7. The van der Waals surface area contributed by atoms with Gasteiger partial charge in [0.15, 0.2) is 0 Å². The summed E-state index contributed by atoms with van der Waals surface area (Å²) in [5, 5.41) is 9.23. The van der Waals surface area contributed by atoms with Gasteiger partial charge in [0, 0.05) is 11.7 Å². The van der Waals surface area contributed by atoms with Gasteiger partial charge < -0.3 is 10.8 Å². The molecule has 6 heteroatoms. The summed E-state index contributed by atoms with van der Waals surface area (Å²) in [4.78, 5) is 0.181. The lowest BCUT2D eigenvalue weighted by Crippen LogP contribution is -2.35. The lowest BCUT2D eigenvalue weighted by atomic mass is 10.2. The van der Waals surface area contributed by atoms with Crippen LogP contribution in [0.3, 0.4) is 0 Å². The molecule has 0 fully saturated rings. The van der Waals surface area contributed by atoms with Gasteiger partial charge in [0.25, 0.3) is 0 Å². The van der Waals surface area contributed by atoms with E-state index in [1.54, 1.807) is 32.9 Å². The summed E-state index contributed by atoms with van der Waals surface area (Å²) >= 11 is 0. The molecular formula is C12H20N2O3S. The van der Waals surface area contributed by atoms with Crippen molar-refractivity contribution in [1.29, 1.82) is 0 Å². The molecule has 0 aliphatic carbocycles. The first-order valence-electron chi connectivity index (χ1n) is 5.79. The maximum absolute atomic E-state index is 12.1. The molecule has 0 bridgehead atoms. The van der Waals surface area contributed by atoms with Gasteiger partial charge in [-0.1, -0.05) is 6.07 Å². The highest BCUT2D eigenvalue weighted by Gasteiger charge is 2.20. The SMILES string of the molecule is Cc1c(N)cccc1S(=O)(=O)NC(C)CC(C)O. The highest BCUT2D eigenvalue weighted by Crippen LogP contribution is 2.20. The molecule has 1 aromatic rings. The van der Waals surface area contributed by atoms with Crippen LogP contribution in [0.4, 0.5) is 5.69 Å². The third kappa shape index (κ3) is 3.69. The quantitative estimate of drug-likeness (QED) is 0.698. The summed E-state index contributed by atoms with van der Waals surface area (Å²) in [7, 11) is -3.60. The predicted molar refractivity (Wildman–Crippen MR) is 71.7 cm³/mol. The number of aliphatic hydroxyl groups is 1. The second kappa shape index (κ2) is 5.69. The number of rotatable bonds is 5. The van der Waals surface area contributed by atoms with Crippen LogP contribution in [0.5, 0.6) is 0 Å². The molecule has 1 rings (SSSR count). The van der Waals surface area contributed by atoms with Crippen molar-refractivity contribution >= 4 is 15.7 Å². The molecule has 2 atom stereocenters. The van der Waals surface area contributed by atoms with Gasteiger partial charge in [0.2, 0.25) is 10.0 Å². The number of nitrogens with two attached hydrogens (primary N) is 1. The lowest BCUT2D eigenvalue weighted by Gasteiger charge is -2.17. The van der Waals surface area contributed by atoms with E-state index in [4.69, 9.17) is 5.73 Å². The Morgan fingerprint density at radius 2 is 2.00 bits per heavy atom. The number of hydrogen-bond donors (Lipinski definition) is 3. The van der Waals surface area contributed by atoms with Gasteiger partial charge in [-0.15, -0.1) is 0 Å². The number of aliphatic hydroxyl groups excluding tert-OH is 1. The Balaban J connectivity index is 2.97. The van der Waals surface area contributed by atoms with Crippen molar-refractivity contribution in [3.8, 4) is 0 Å². The lowest BCUT2D eigenvalue weighted by molar-refractivity contribution is 0.175. The fourth-order valence-electron chi connectivity index (χ4n) is 1.81. The first kappa shape index (κ1) is 14.9. The van der Waals surface area contributed by atoms with Crippen molar-refractivity contribution in [2.75, 3.05) is 5.73 Å². The van der Waals surface area contributed by atoms with Crippen molar-refractivity contribution in [2.24, 2.45) is 0 Å². The Hall–Kier alpha value is -1.11. The molecule has 0 saturated heterocycles. The molecule has 18 heavy (non-hydrogen) atoms. The predicted octanol–water partition coefficient (Wildman–Crippen LogP) is 1.01. The zero-order chi connectivity index (χ0) is 13.9. The molecule has 0 amide bonds. The molecule has 0 radical (unpaired) electrons. The summed E-state index contributed by atoms with van der Waals surface area (Å²) in [5.74, 6) is 0. The highest BCUT2D eigenvalue weighted by atomic mass is 32.2. The van der Waals surface area contributed by atoms with Crippen LogP contribution >= 0.6 is 0 Å². The van der Waals surface area contributed by atoms with Crippen LogP contribution in [0.15, 0.2) is 23.1 Å². The maximum Gasteiger partial charge on any atom is 0.241 e. The number of sulfonamides is 1. The van der Waals surface area contributed by atoms with Gasteiger partial charge in [0.1, 0.15) is 0 Å². The van der Waals surface area contributed by atoms with Crippen LogP contribution in [-0.2, 0) is 10.0 Å². The van der Waals surface area contributed by atoms with E-state index in [9.17, 15) is 13.5 Å². The number of nitrogens with one attached hydrogen (secondary N) is 1. The molecule has 5 nitrogen and oxygen atoms in total. The second-order valence-corrected chi connectivity index (χ2v) is 6.26. The molecule has 0 aliphatic rings. The average molecular weight is 272 g/mol. The van der Waals surface area contributed by atoms with E-state index < -0.39 is 16.1 Å². The Morgan fingerprint density at radius 3 is 2.56 bits per heavy atom. The minimum Gasteiger partial charge on any atom is -0.398 e. The van der Waals surface area contributed by atoms with Crippen LogP contribution in [0.2, 0.25) is 0 Å². The van der Waals surface area contributed by atoms with Gasteiger partial charge in [0.05, 0.1) is 11.0 Å². The van der Waals surface area contributed by atoms with Crippen molar-refractivity contribution < 1.29 is 13.5 Å². The highest BCUT2D eigenvalue weighted by molar-refractivity contribution is 7.89. The van der Waals surface area contributed by atoms with E-state index in [2.05, 4.69) is 4.72 Å². The Kier molecular flexibility index (Phi) is 4.72. The molecule has 0 aliphatic heterocycles. The summed E-state index contributed by atoms with van der Waals surface area (Å²) in [6, 6.07) is 4.45. The van der Waals surface area contributed by atoms with Crippen LogP contribution in [0, 0.1) is 6.92 Å². The van der Waals surface area contributed by atoms with Crippen molar-refractivity contribution in [3.05, 3.63) is 23.8 Å².